The van der Waals surface area contributed by atoms with Crippen molar-refractivity contribution in [3.8, 4) is 0 Å². The number of imidazole rings is 1. The molecule has 1 amide bonds. The highest BCUT2D eigenvalue weighted by atomic mass is 16.5. The smallest absolute Gasteiger partial charge is 0.240 e. The Kier molecular flexibility index (Phi) is 4.82. The maximum atomic E-state index is 12.7. The van der Waals surface area contributed by atoms with Crippen molar-refractivity contribution in [1.82, 2.24) is 24.8 Å². The van der Waals surface area contributed by atoms with Crippen molar-refractivity contribution in [2.75, 3.05) is 18.6 Å². The Labute approximate surface area is 159 Å². The van der Waals surface area contributed by atoms with Crippen LogP contribution in [0.15, 0.2) is 24.8 Å². The number of carbonyl (C=O) groups is 1. The van der Waals surface area contributed by atoms with Gasteiger partial charge in [0.15, 0.2) is 0 Å². The fourth-order valence-corrected chi connectivity index (χ4v) is 4.57. The summed E-state index contributed by atoms with van der Waals surface area (Å²) in [4.78, 5) is 28.0. The van der Waals surface area contributed by atoms with Crippen LogP contribution in [0.1, 0.15) is 37.2 Å². The molecule has 2 aromatic rings. The zero-order chi connectivity index (χ0) is 18.9. The summed E-state index contributed by atoms with van der Waals surface area (Å²) in [5.41, 5.74) is 0.704. The number of rotatable bonds is 6. The fourth-order valence-electron chi connectivity index (χ4n) is 4.57. The van der Waals surface area contributed by atoms with Crippen LogP contribution in [0.3, 0.4) is 0 Å². The van der Waals surface area contributed by atoms with E-state index in [0.717, 1.165) is 49.6 Å². The van der Waals surface area contributed by atoms with Gasteiger partial charge in [-0.15, -0.1) is 0 Å². The number of nitrogens with zero attached hydrogens (tertiary/aromatic N) is 5. The Morgan fingerprint density at radius 2 is 2.26 bits per heavy atom. The zero-order valence-corrected chi connectivity index (χ0v) is 15.9. The molecule has 0 bridgehead atoms. The van der Waals surface area contributed by atoms with Gasteiger partial charge in [0.25, 0.3) is 0 Å². The van der Waals surface area contributed by atoms with Crippen LogP contribution in [0.25, 0.3) is 0 Å². The van der Waals surface area contributed by atoms with Crippen molar-refractivity contribution in [1.29, 1.82) is 0 Å². The van der Waals surface area contributed by atoms with Gasteiger partial charge in [-0.2, -0.15) is 0 Å². The van der Waals surface area contributed by atoms with Crippen molar-refractivity contribution < 1.29 is 9.53 Å². The predicted octanol–water partition coefficient (Wildman–Crippen LogP) is 1.45. The summed E-state index contributed by atoms with van der Waals surface area (Å²) in [5, 5.41) is 3.36. The number of fused-ring (bicyclic) bond motifs is 1. The number of nitrogens with one attached hydrogen (secondary N) is 1. The van der Waals surface area contributed by atoms with Gasteiger partial charge in [-0.3, -0.25) is 4.79 Å². The fraction of sp³-hybridized carbons (Fsp3) is 0.579. The van der Waals surface area contributed by atoms with Crippen molar-refractivity contribution in [2.24, 2.45) is 0 Å². The molecule has 1 aliphatic heterocycles. The number of aryl methyl sites for hydroxylation is 1. The largest absolute Gasteiger partial charge is 0.378 e. The number of aromatic nitrogens is 4. The van der Waals surface area contributed by atoms with E-state index in [9.17, 15) is 4.79 Å². The number of amides is 1. The molecule has 2 atom stereocenters. The summed E-state index contributed by atoms with van der Waals surface area (Å²) >= 11 is 0. The summed E-state index contributed by atoms with van der Waals surface area (Å²) in [6, 6.07) is 2.27. The SMILES string of the molecule is COCc1cc(N2CCC3(NC(=O)Cn4ccnc4C)CCCC23)ncn1. The second-order valence-electron chi connectivity index (χ2n) is 7.46. The van der Waals surface area contributed by atoms with Gasteiger partial charge >= 0.3 is 0 Å². The lowest BCUT2D eigenvalue weighted by atomic mass is 9.93. The molecule has 2 unspecified atom stereocenters. The number of ether oxygens (including phenoxy) is 1. The first-order valence-electron chi connectivity index (χ1n) is 9.46. The van der Waals surface area contributed by atoms with Crippen LogP contribution in [-0.2, 0) is 22.7 Å². The van der Waals surface area contributed by atoms with E-state index >= 15 is 0 Å². The summed E-state index contributed by atoms with van der Waals surface area (Å²) < 4.78 is 7.07. The Morgan fingerprint density at radius 3 is 3.04 bits per heavy atom. The molecule has 3 heterocycles. The Hall–Kier alpha value is -2.48. The van der Waals surface area contributed by atoms with Crippen molar-refractivity contribution in [3.63, 3.8) is 0 Å². The van der Waals surface area contributed by atoms with E-state index in [1.54, 1.807) is 19.6 Å². The Bertz CT molecular complexity index is 822. The van der Waals surface area contributed by atoms with Gasteiger partial charge in [0.2, 0.25) is 5.91 Å². The van der Waals surface area contributed by atoms with Crippen LogP contribution in [0.2, 0.25) is 0 Å². The van der Waals surface area contributed by atoms with E-state index in [0.29, 0.717) is 13.2 Å². The van der Waals surface area contributed by atoms with Crippen molar-refractivity contribution in [3.05, 3.63) is 36.3 Å². The first-order valence-corrected chi connectivity index (χ1v) is 9.46. The number of carbonyl (C=O) groups excluding carboxylic acids is 1. The molecule has 1 aliphatic carbocycles. The predicted molar refractivity (Wildman–Crippen MR) is 100 cm³/mol. The minimum Gasteiger partial charge on any atom is -0.378 e. The van der Waals surface area contributed by atoms with Crippen LogP contribution < -0.4 is 10.2 Å². The van der Waals surface area contributed by atoms with Crippen molar-refractivity contribution >= 4 is 11.7 Å². The average molecular weight is 370 g/mol. The van der Waals surface area contributed by atoms with Crippen LogP contribution >= 0.6 is 0 Å². The van der Waals surface area contributed by atoms with Crippen LogP contribution in [0, 0.1) is 6.92 Å². The quantitative estimate of drug-likeness (QED) is 0.828. The van der Waals surface area contributed by atoms with Crippen molar-refractivity contribution in [2.45, 2.75) is 57.3 Å². The van der Waals surface area contributed by atoms with E-state index in [-0.39, 0.29) is 17.5 Å². The Balaban J connectivity index is 1.49. The molecule has 0 aromatic carbocycles. The maximum absolute atomic E-state index is 12.7. The average Bonchev–Trinajstić information content (AvgIpc) is 3.31. The minimum absolute atomic E-state index is 0.0487. The number of hydrogen-bond donors (Lipinski definition) is 1. The molecule has 8 nitrogen and oxygen atoms in total. The molecule has 8 heteroatoms. The summed E-state index contributed by atoms with van der Waals surface area (Å²) in [7, 11) is 1.66. The van der Waals surface area contributed by atoms with Gasteiger partial charge in [-0.25, -0.2) is 15.0 Å². The molecule has 144 valence electrons. The number of hydrogen-bond acceptors (Lipinski definition) is 6. The maximum Gasteiger partial charge on any atom is 0.240 e. The molecule has 2 aromatic heterocycles. The summed E-state index contributed by atoms with van der Waals surface area (Å²) in [6.45, 7) is 3.58. The molecule has 1 N–H and O–H groups in total. The second kappa shape index (κ2) is 7.26. The van der Waals surface area contributed by atoms with E-state index in [1.165, 1.54) is 0 Å². The van der Waals surface area contributed by atoms with Gasteiger partial charge in [-0.1, -0.05) is 0 Å². The third kappa shape index (κ3) is 3.41. The topological polar surface area (TPSA) is 85.2 Å². The number of methoxy groups -OCH3 is 1. The highest BCUT2D eigenvalue weighted by molar-refractivity contribution is 5.77. The first kappa shape index (κ1) is 17.9. The standard InChI is InChI=1S/C19H26N6O2/c1-14-20-7-9-24(14)11-18(26)23-19-5-3-4-16(19)25(8-6-19)17-10-15(12-27-2)21-13-22-17/h7,9-10,13,16H,3-6,8,11-12H2,1-2H3,(H,23,26). The highest BCUT2D eigenvalue weighted by Crippen LogP contribution is 2.43. The lowest BCUT2D eigenvalue weighted by Crippen LogP contribution is -2.54. The van der Waals surface area contributed by atoms with Crippen LogP contribution in [-0.4, -0.2) is 50.7 Å². The Morgan fingerprint density at radius 1 is 1.37 bits per heavy atom. The van der Waals surface area contributed by atoms with Gasteiger partial charge in [0, 0.05) is 32.1 Å². The van der Waals surface area contributed by atoms with E-state index in [4.69, 9.17) is 4.74 Å². The summed E-state index contributed by atoms with van der Waals surface area (Å²) in [6.07, 6.45) is 9.30. The highest BCUT2D eigenvalue weighted by Gasteiger charge is 2.51. The van der Waals surface area contributed by atoms with Gasteiger partial charge < -0.3 is 19.5 Å². The van der Waals surface area contributed by atoms with E-state index in [2.05, 4.69) is 25.2 Å². The molecule has 27 heavy (non-hydrogen) atoms. The molecule has 2 aliphatic rings. The monoisotopic (exact) mass is 370 g/mol. The van der Waals surface area contributed by atoms with E-state index in [1.807, 2.05) is 23.8 Å². The first-order chi connectivity index (χ1) is 13.1. The molecule has 2 fully saturated rings. The summed E-state index contributed by atoms with van der Waals surface area (Å²) in [5.74, 6) is 1.82. The van der Waals surface area contributed by atoms with E-state index < -0.39 is 0 Å². The zero-order valence-electron chi connectivity index (χ0n) is 15.9. The van der Waals surface area contributed by atoms with Crippen LogP contribution in [0.5, 0.6) is 0 Å². The molecular formula is C19H26N6O2. The normalized spacial score (nSPS) is 24.2. The number of anilines is 1. The molecule has 1 saturated heterocycles. The van der Waals surface area contributed by atoms with Gasteiger partial charge in [0.1, 0.15) is 24.5 Å². The molecule has 0 radical (unpaired) electrons. The third-order valence-electron chi connectivity index (χ3n) is 5.84. The molecule has 0 spiro atoms. The lowest BCUT2D eigenvalue weighted by molar-refractivity contribution is -0.123. The second-order valence-corrected chi connectivity index (χ2v) is 7.46. The van der Waals surface area contributed by atoms with Gasteiger partial charge in [0.05, 0.1) is 23.9 Å². The lowest BCUT2D eigenvalue weighted by Gasteiger charge is -2.34. The van der Waals surface area contributed by atoms with Crippen LogP contribution in [0.4, 0.5) is 5.82 Å². The third-order valence-corrected chi connectivity index (χ3v) is 5.84. The molecular weight excluding hydrogens is 344 g/mol. The molecule has 1 saturated carbocycles. The minimum atomic E-state index is -0.169. The van der Waals surface area contributed by atoms with Gasteiger partial charge in [-0.05, 0) is 32.6 Å². The molecule has 4 rings (SSSR count).